The van der Waals surface area contributed by atoms with Gasteiger partial charge in [0.25, 0.3) is 5.91 Å². The van der Waals surface area contributed by atoms with Gasteiger partial charge in [0.15, 0.2) is 6.10 Å². The Balaban J connectivity index is 1.78. The van der Waals surface area contributed by atoms with Gasteiger partial charge in [0, 0.05) is 18.3 Å². The summed E-state index contributed by atoms with van der Waals surface area (Å²) in [5.41, 5.74) is 2.16. The number of fused-ring (bicyclic) bond motifs is 1. The van der Waals surface area contributed by atoms with Crippen LogP contribution in [0.1, 0.15) is 12.5 Å². The van der Waals surface area contributed by atoms with Gasteiger partial charge in [-0.15, -0.1) is 6.58 Å². The molecule has 2 amide bonds. The number of carbonyl (C=O) groups is 2. The molecule has 0 saturated heterocycles. The van der Waals surface area contributed by atoms with Crippen LogP contribution < -0.4 is 15.0 Å². The zero-order valence-corrected chi connectivity index (χ0v) is 14.5. The van der Waals surface area contributed by atoms with Crippen molar-refractivity contribution in [2.45, 2.75) is 13.0 Å². The van der Waals surface area contributed by atoms with Crippen LogP contribution >= 0.6 is 0 Å². The van der Waals surface area contributed by atoms with Crippen LogP contribution in [0.4, 0.5) is 11.4 Å². The summed E-state index contributed by atoms with van der Waals surface area (Å²) in [6.07, 6.45) is 4.33. The minimum Gasteiger partial charge on any atom is -0.479 e. The first kappa shape index (κ1) is 17.5. The lowest BCUT2D eigenvalue weighted by molar-refractivity contribution is -0.125. The highest BCUT2D eigenvalue weighted by Gasteiger charge is 2.30. The van der Waals surface area contributed by atoms with E-state index in [1.807, 2.05) is 30.3 Å². The van der Waals surface area contributed by atoms with Gasteiger partial charge in [-0.1, -0.05) is 36.4 Å². The minimum atomic E-state index is -0.545. The Kier molecular flexibility index (Phi) is 5.17. The van der Waals surface area contributed by atoms with Gasteiger partial charge in [0.2, 0.25) is 5.91 Å². The summed E-state index contributed by atoms with van der Waals surface area (Å²) in [4.78, 5) is 26.1. The smallest absolute Gasteiger partial charge is 0.268 e. The number of benzene rings is 2. The first-order valence-corrected chi connectivity index (χ1v) is 8.35. The lowest BCUT2D eigenvalue weighted by atomic mass is 10.1. The molecule has 0 saturated carbocycles. The number of nitrogens with one attached hydrogen (secondary N) is 1. The number of anilines is 2. The van der Waals surface area contributed by atoms with Gasteiger partial charge in [-0.3, -0.25) is 9.59 Å². The molecule has 1 unspecified atom stereocenters. The number of amides is 2. The molecule has 0 bridgehead atoms. The molecule has 2 aromatic rings. The Labute approximate surface area is 152 Å². The van der Waals surface area contributed by atoms with Crippen LogP contribution in [0.3, 0.4) is 0 Å². The molecule has 0 aromatic heterocycles. The Morgan fingerprint density at radius 1 is 1.27 bits per heavy atom. The first-order chi connectivity index (χ1) is 12.6. The SMILES string of the molecule is C=CCN1C(=O)C(C)Oc2ccc(NC(=O)/C=C/c3ccccc3)cc21. The zero-order valence-electron chi connectivity index (χ0n) is 14.5. The van der Waals surface area contributed by atoms with Gasteiger partial charge in [0.05, 0.1) is 5.69 Å². The standard InChI is InChI=1S/C21H20N2O3/c1-3-13-23-18-14-17(10-11-19(18)26-15(2)21(23)25)22-20(24)12-9-16-7-5-4-6-8-16/h3-12,14-15H,1,13H2,2H3,(H,22,24)/b12-9+. The van der Waals surface area contributed by atoms with Crippen molar-refractivity contribution in [2.24, 2.45) is 0 Å². The van der Waals surface area contributed by atoms with Crippen LogP contribution in [0.15, 0.2) is 67.3 Å². The summed E-state index contributed by atoms with van der Waals surface area (Å²) in [6.45, 7) is 5.79. The maximum Gasteiger partial charge on any atom is 0.268 e. The van der Waals surface area contributed by atoms with E-state index in [1.165, 1.54) is 6.08 Å². The molecule has 132 valence electrons. The Bertz CT molecular complexity index is 859. The molecule has 1 N–H and O–H groups in total. The lowest BCUT2D eigenvalue weighted by Gasteiger charge is -2.32. The second kappa shape index (κ2) is 7.70. The highest BCUT2D eigenvalue weighted by atomic mass is 16.5. The number of hydrogen-bond acceptors (Lipinski definition) is 3. The molecule has 0 aliphatic carbocycles. The zero-order chi connectivity index (χ0) is 18.5. The van der Waals surface area contributed by atoms with Crippen molar-refractivity contribution in [2.75, 3.05) is 16.8 Å². The fourth-order valence-corrected chi connectivity index (χ4v) is 2.72. The normalized spacial score (nSPS) is 16.1. The number of carbonyl (C=O) groups excluding carboxylic acids is 2. The van der Waals surface area contributed by atoms with E-state index in [0.29, 0.717) is 23.7 Å². The number of hydrogen-bond donors (Lipinski definition) is 1. The summed E-state index contributed by atoms with van der Waals surface area (Å²) in [5.74, 6) is 0.224. The van der Waals surface area contributed by atoms with E-state index < -0.39 is 6.10 Å². The summed E-state index contributed by atoms with van der Waals surface area (Å²) in [6, 6.07) is 14.8. The monoisotopic (exact) mass is 348 g/mol. The summed E-state index contributed by atoms with van der Waals surface area (Å²) in [7, 11) is 0. The van der Waals surface area contributed by atoms with Crippen molar-refractivity contribution in [3.8, 4) is 5.75 Å². The Hall–Kier alpha value is -3.34. The molecule has 1 heterocycles. The molecule has 3 rings (SSSR count). The van der Waals surface area contributed by atoms with Crippen molar-refractivity contribution in [1.82, 2.24) is 0 Å². The summed E-state index contributed by atoms with van der Waals surface area (Å²) >= 11 is 0. The molecule has 0 spiro atoms. The average molecular weight is 348 g/mol. The van der Waals surface area contributed by atoms with Gasteiger partial charge < -0.3 is 15.0 Å². The van der Waals surface area contributed by atoms with Crippen LogP contribution in [-0.4, -0.2) is 24.5 Å². The predicted molar refractivity (Wildman–Crippen MR) is 103 cm³/mol. The van der Waals surface area contributed by atoms with Gasteiger partial charge in [-0.25, -0.2) is 0 Å². The van der Waals surface area contributed by atoms with Crippen LogP contribution in [0, 0.1) is 0 Å². The molecule has 0 fully saturated rings. The van der Waals surface area contributed by atoms with Crippen molar-refractivity contribution in [3.05, 3.63) is 72.8 Å². The van der Waals surface area contributed by atoms with E-state index >= 15 is 0 Å². The van der Waals surface area contributed by atoms with E-state index in [4.69, 9.17) is 4.74 Å². The molecule has 5 nitrogen and oxygen atoms in total. The number of ether oxygens (including phenoxy) is 1. The van der Waals surface area contributed by atoms with Gasteiger partial charge >= 0.3 is 0 Å². The molecule has 1 atom stereocenters. The maximum atomic E-state index is 12.3. The van der Waals surface area contributed by atoms with Crippen LogP contribution in [0.2, 0.25) is 0 Å². The van der Waals surface area contributed by atoms with Crippen molar-refractivity contribution in [3.63, 3.8) is 0 Å². The van der Waals surface area contributed by atoms with Crippen LogP contribution in [0.25, 0.3) is 6.08 Å². The first-order valence-electron chi connectivity index (χ1n) is 8.35. The molecule has 1 aliphatic heterocycles. The molecular formula is C21H20N2O3. The van der Waals surface area contributed by atoms with Gasteiger partial charge in [-0.2, -0.15) is 0 Å². The number of nitrogens with zero attached hydrogens (tertiary/aromatic N) is 1. The maximum absolute atomic E-state index is 12.3. The van der Waals surface area contributed by atoms with Gasteiger partial charge in [-0.05, 0) is 36.8 Å². The van der Waals surface area contributed by atoms with Crippen molar-refractivity contribution < 1.29 is 14.3 Å². The van der Waals surface area contributed by atoms with Crippen molar-refractivity contribution in [1.29, 1.82) is 0 Å². The quantitative estimate of drug-likeness (QED) is 0.663. The average Bonchev–Trinajstić information content (AvgIpc) is 2.65. The lowest BCUT2D eigenvalue weighted by Crippen LogP contribution is -2.44. The minimum absolute atomic E-state index is 0.134. The highest BCUT2D eigenvalue weighted by molar-refractivity contribution is 6.04. The fourth-order valence-electron chi connectivity index (χ4n) is 2.72. The fraction of sp³-hybridized carbons (Fsp3) is 0.143. The molecule has 26 heavy (non-hydrogen) atoms. The third-order valence-electron chi connectivity index (χ3n) is 3.97. The number of rotatable bonds is 5. The summed E-state index contributed by atoms with van der Waals surface area (Å²) in [5, 5.41) is 2.81. The van der Waals surface area contributed by atoms with E-state index in [0.717, 1.165) is 5.56 Å². The van der Waals surface area contributed by atoms with Crippen molar-refractivity contribution >= 4 is 29.3 Å². The third-order valence-corrected chi connectivity index (χ3v) is 3.97. The van der Waals surface area contributed by atoms with E-state index in [-0.39, 0.29) is 11.8 Å². The van der Waals surface area contributed by atoms with Crippen LogP contribution in [0.5, 0.6) is 5.75 Å². The molecule has 2 aromatic carbocycles. The van der Waals surface area contributed by atoms with E-state index in [1.54, 1.807) is 42.2 Å². The van der Waals surface area contributed by atoms with Gasteiger partial charge in [0.1, 0.15) is 5.75 Å². The van der Waals surface area contributed by atoms with E-state index in [2.05, 4.69) is 11.9 Å². The molecular weight excluding hydrogens is 328 g/mol. The second-order valence-corrected chi connectivity index (χ2v) is 5.91. The Morgan fingerprint density at radius 2 is 2.04 bits per heavy atom. The topological polar surface area (TPSA) is 58.6 Å². The second-order valence-electron chi connectivity index (χ2n) is 5.91. The van der Waals surface area contributed by atoms with E-state index in [9.17, 15) is 9.59 Å². The Morgan fingerprint density at radius 3 is 2.77 bits per heavy atom. The molecule has 5 heteroatoms. The molecule has 1 aliphatic rings. The summed E-state index contributed by atoms with van der Waals surface area (Å²) < 4.78 is 5.63. The molecule has 0 radical (unpaired) electrons. The predicted octanol–water partition coefficient (Wildman–Crippen LogP) is 3.64. The van der Waals surface area contributed by atoms with Crippen LogP contribution in [-0.2, 0) is 9.59 Å². The highest BCUT2D eigenvalue weighted by Crippen LogP contribution is 2.36. The third kappa shape index (κ3) is 3.83. The largest absolute Gasteiger partial charge is 0.479 e.